The van der Waals surface area contributed by atoms with Gasteiger partial charge in [-0.25, -0.2) is 17.6 Å². The fourth-order valence-corrected chi connectivity index (χ4v) is 4.39. The van der Waals surface area contributed by atoms with Gasteiger partial charge in [-0.3, -0.25) is 4.79 Å². The van der Waals surface area contributed by atoms with Gasteiger partial charge in [-0.05, 0) is 30.3 Å². The van der Waals surface area contributed by atoms with Crippen molar-refractivity contribution in [1.29, 1.82) is 0 Å². The summed E-state index contributed by atoms with van der Waals surface area (Å²) in [4.78, 5) is 24.1. The summed E-state index contributed by atoms with van der Waals surface area (Å²) in [6.07, 6.45) is 0. The van der Waals surface area contributed by atoms with Crippen molar-refractivity contribution in [2.75, 3.05) is 13.1 Å². The lowest BCUT2D eigenvalue weighted by molar-refractivity contribution is 0.0335. The molecule has 0 aliphatic heterocycles. The first-order valence-electron chi connectivity index (χ1n) is 9.09. The van der Waals surface area contributed by atoms with Crippen LogP contribution in [0.15, 0.2) is 52.2 Å². The number of carbonyl (C=O) groups excluding carboxylic acids is 1. The second-order valence-corrected chi connectivity index (χ2v) is 8.11. The summed E-state index contributed by atoms with van der Waals surface area (Å²) in [6, 6.07) is 9.46. The highest BCUT2D eigenvalue weighted by atomic mass is 32.2. The van der Waals surface area contributed by atoms with E-state index in [-0.39, 0.29) is 18.7 Å². The van der Waals surface area contributed by atoms with Crippen molar-refractivity contribution >= 4 is 26.9 Å². The zero-order valence-electron chi connectivity index (χ0n) is 16.3. The van der Waals surface area contributed by atoms with Crippen molar-refractivity contribution < 1.29 is 22.3 Å². The monoisotopic (exact) mass is 434 g/mol. The zero-order chi connectivity index (χ0) is 21.9. The molecule has 0 amide bonds. The molecule has 0 spiro atoms. The molecule has 0 aliphatic rings. The first kappa shape index (κ1) is 21.5. The first-order valence-corrected chi connectivity index (χ1v) is 10.5. The molecular weight excluding hydrogens is 415 g/mol. The van der Waals surface area contributed by atoms with Crippen LogP contribution in [-0.4, -0.2) is 46.8 Å². The van der Waals surface area contributed by atoms with Gasteiger partial charge >= 0.3 is 5.97 Å². The molecular formula is C19H19FN4O5S. The molecule has 0 saturated heterocycles. The van der Waals surface area contributed by atoms with Crippen LogP contribution in [-0.2, 0) is 21.5 Å². The number of carbonyl (C=O) groups is 1. The molecule has 2 aromatic carbocycles. The van der Waals surface area contributed by atoms with Gasteiger partial charge in [0.15, 0.2) is 6.73 Å². The Labute approximate surface area is 171 Å². The third kappa shape index (κ3) is 4.07. The van der Waals surface area contributed by atoms with Crippen molar-refractivity contribution in [3.05, 3.63) is 64.2 Å². The van der Waals surface area contributed by atoms with Crippen molar-refractivity contribution in [2.24, 2.45) is 0 Å². The van der Waals surface area contributed by atoms with Gasteiger partial charge in [0.1, 0.15) is 16.2 Å². The molecule has 158 valence electrons. The molecule has 9 nitrogen and oxygen atoms in total. The number of nitrogens with zero attached hydrogens (tertiary/aromatic N) is 4. The van der Waals surface area contributed by atoms with Crippen LogP contribution in [0.2, 0.25) is 0 Å². The maximum atomic E-state index is 14.2. The van der Waals surface area contributed by atoms with Gasteiger partial charge in [-0.2, -0.15) is 8.99 Å². The van der Waals surface area contributed by atoms with E-state index in [9.17, 15) is 22.4 Å². The minimum absolute atomic E-state index is 0.149. The predicted octanol–water partition coefficient (Wildman–Crippen LogP) is 1.78. The van der Waals surface area contributed by atoms with E-state index in [1.807, 2.05) is 0 Å². The molecule has 0 bridgehead atoms. The fourth-order valence-electron chi connectivity index (χ4n) is 2.84. The third-order valence-corrected chi connectivity index (χ3v) is 6.50. The molecule has 0 atom stereocenters. The first-order chi connectivity index (χ1) is 14.3. The molecule has 0 aliphatic carbocycles. The van der Waals surface area contributed by atoms with Crippen LogP contribution in [0.5, 0.6) is 0 Å². The molecule has 0 saturated carbocycles. The van der Waals surface area contributed by atoms with Crippen molar-refractivity contribution in [3.8, 4) is 0 Å². The summed E-state index contributed by atoms with van der Waals surface area (Å²) < 4.78 is 46.4. The van der Waals surface area contributed by atoms with Crippen molar-refractivity contribution in [3.63, 3.8) is 0 Å². The third-order valence-electron chi connectivity index (χ3n) is 4.44. The number of esters is 1. The van der Waals surface area contributed by atoms with E-state index in [4.69, 9.17) is 4.74 Å². The number of fused-ring (bicyclic) bond motifs is 1. The van der Waals surface area contributed by atoms with Crippen molar-refractivity contribution in [2.45, 2.75) is 25.5 Å². The zero-order valence-corrected chi connectivity index (χ0v) is 17.1. The van der Waals surface area contributed by atoms with Gasteiger partial charge in [-0.15, -0.1) is 5.10 Å². The van der Waals surface area contributed by atoms with Crippen LogP contribution in [0.1, 0.15) is 24.2 Å². The van der Waals surface area contributed by atoms with Gasteiger partial charge < -0.3 is 4.74 Å². The van der Waals surface area contributed by atoms with Gasteiger partial charge in [0.25, 0.3) is 5.56 Å². The maximum absolute atomic E-state index is 14.2. The summed E-state index contributed by atoms with van der Waals surface area (Å²) >= 11 is 0. The number of halogens is 1. The molecule has 0 unspecified atom stereocenters. The average molecular weight is 434 g/mol. The van der Waals surface area contributed by atoms with Gasteiger partial charge in [0.2, 0.25) is 10.0 Å². The normalized spacial score (nSPS) is 11.7. The Balaban J connectivity index is 1.85. The topological polar surface area (TPSA) is 111 Å². The number of ether oxygens (including phenoxy) is 1. The molecule has 30 heavy (non-hydrogen) atoms. The lowest BCUT2D eigenvalue weighted by atomic mass is 10.2. The molecule has 0 N–H and O–H groups in total. The minimum atomic E-state index is -4.11. The van der Waals surface area contributed by atoms with Crippen LogP contribution < -0.4 is 5.56 Å². The van der Waals surface area contributed by atoms with E-state index in [1.165, 1.54) is 0 Å². The highest BCUT2D eigenvalue weighted by molar-refractivity contribution is 7.89. The lowest BCUT2D eigenvalue weighted by Crippen LogP contribution is -2.31. The Morgan fingerprint density at radius 2 is 1.87 bits per heavy atom. The minimum Gasteiger partial charge on any atom is -0.439 e. The Kier molecular flexibility index (Phi) is 6.22. The standard InChI is InChI=1S/C19H19FN4O5S/c1-3-23(4-2)30(27,28)17-11-13(9-10-15(17)20)19(26)29-12-24-18(25)14-7-5-6-8-16(14)21-22-24/h5-11H,3-4,12H2,1-2H3. The van der Waals surface area contributed by atoms with Gasteiger partial charge in [-0.1, -0.05) is 31.2 Å². The molecule has 3 aromatic rings. The quantitative estimate of drug-likeness (QED) is 0.521. The number of hydrogen-bond donors (Lipinski definition) is 0. The fraction of sp³-hybridized carbons (Fsp3) is 0.263. The molecule has 11 heteroatoms. The number of hydrogen-bond acceptors (Lipinski definition) is 7. The number of aromatic nitrogens is 3. The van der Waals surface area contributed by atoms with E-state index < -0.39 is 39.0 Å². The van der Waals surface area contributed by atoms with E-state index in [0.29, 0.717) is 10.9 Å². The highest BCUT2D eigenvalue weighted by Crippen LogP contribution is 2.21. The van der Waals surface area contributed by atoms with E-state index in [2.05, 4.69) is 10.3 Å². The summed E-state index contributed by atoms with van der Waals surface area (Å²) in [5, 5.41) is 7.88. The summed E-state index contributed by atoms with van der Waals surface area (Å²) in [7, 11) is -4.11. The number of rotatable bonds is 7. The highest BCUT2D eigenvalue weighted by Gasteiger charge is 2.26. The van der Waals surface area contributed by atoms with Crippen molar-refractivity contribution in [1.82, 2.24) is 19.3 Å². The van der Waals surface area contributed by atoms with Crippen LogP contribution in [0.4, 0.5) is 4.39 Å². The summed E-state index contributed by atoms with van der Waals surface area (Å²) in [5.41, 5.74) is -0.281. The van der Waals surface area contributed by atoms with Gasteiger partial charge in [0.05, 0.1) is 10.9 Å². The van der Waals surface area contributed by atoms with Gasteiger partial charge in [0, 0.05) is 13.1 Å². The Morgan fingerprint density at radius 3 is 2.57 bits per heavy atom. The SMILES string of the molecule is CCN(CC)S(=O)(=O)c1cc(C(=O)OCn2nnc3ccccc3c2=O)ccc1F. The van der Waals surface area contributed by atoms with Crippen LogP contribution in [0.25, 0.3) is 10.9 Å². The van der Waals surface area contributed by atoms with Crippen LogP contribution >= 0.6 is 0 Å². The Morgan fingerprint density at radius 1 is 1.17 bits per heavy atom. The van der Waals surface area contributed by atoms with E-state index in [1.54, 1.807) is 38.1 Å². The summed E-state index contributed by atoms with van der Waals surface area (Å²) in [5.74, 6) is -1.91. The second-order valence-electron chi connectivity index (χ2n) is 6.21. The molecule has 0 radical (unpaired) electrons. The van der Waals surface area contributed by atoms with Crippen LogP contribution in [0, 0.1) is 5.82 Å². The average Bonchev–Trinajstić information content (AvgIpc) is 2.74. The van der Waals surface area contributed by atoms with E-state index >= 15 is 0 Å². The molecule has 1 aromatic heterocycles. The summed E-state index contributed by atoms with van der Waals surface area (Å²) in [6.45, 7) is 3.01. The predicted molar refractivity (Wildman–Crippen MR) is 106 cm³/mol. The lowest BCUT2D eigenvalue weighted by Gasteiger charge is -2.19. The maximum Gasteiger partial charge on any atom is 0.339 e. The smallest absolute Gasteiger partial charge is 0.339 e. The second kappa shape index (κ2) is 8.67. The Hall–Kier alpha value is -3.18. The van der Waals surface area contributed by atoms with E-state index in [0.717, 1.165) is 27.2 Å². The molecule has 1 heterocycles. The largest absolute Gasteiger partial charge is 0.439 e. The molecule has 3 rings (SSSR count). The molecule has 0 fully saturated rings. The van der Waals surface area contributed by atoms with Crippen LogP contribution in [0.3, 0.4) is 0 Å². The number of sulfonamides is 1. The number of benzene rings is 2. The Bertz CT molecular complexity index is 1260.